The van der Waals surface area contributed by atoms with Gasteiger partial charge in [-0.05, 0) is 62.3 Å². The first-order valence-corrected chi connectivity index (χ1v) is 11.5. The molecule has 1 amide bonds. The minimum atomic E-state index is -0.653. The minimum Gasteiger partial charge on any atom is -0.493 e. The molecule has 2 aromatic carbocycles. The van der Waals surface area contributed by atoms with Crippen LogP contribution in [0.25, 0.3) is 0 Å². The summed E-state index contributed by atoms with van der Waals surface area (Å²) in [5, 5.41) is 2.77. The SMILES string of the molecule is CC(=O)NC(C)c1ccc(CCc2c(F)cc(Oc3cccc(OCC4CC4)c3)cc2F)cn1. The molecule has 5 nitrogen and oxygen atoms in total. The number of benzene rings is 2. The normalized spacial score (nSPS) is 13.9. The number of nitrogens with one attached hydrogen (secondary N) is 1. The van der Waals surface area contributed by atoms with Gasteiger partial charge in [0.2, 0.25) is 5.91 Å². The first-order valence-electron chi connectivity index (χ1n) is 11.5. The van der Waals surface area contributed by atoms with Crippen LogP contribution in [0.4, 0.5) is 8.78 Å². The van der Waals surface area contributed by atoms with E-state index in [0.29, 0.717) is 30.4 Å². The Kier molecular flexibility index (Phi) is 7.40. The fourth-order valence-electron chi connectivity index (χ4n) is 3.63. The van der Waals surface area contributed by atoms with Crippen molar-refractivity contribution in [2.24, 2.45) is 5.92 Å². The Morgan fingerprint density at radius 3 is 2.44 bits per heavy atom. The number of hydrogen-bond acceptors (Lipinski definition) is 4. The van der Waals surface area contributed by atoms with Gasteiger partial charge in [-0.3, -0.25) is 9.78 Å². The van der Waals surface area contributed by atoms with Gasteiger partial charge in [0.05, 0.1) is 18.3 Å². The lowest BCUT2D eigenvalue weighted by Gasteiger charge is -2.13. The van der Waals surface area contributed by atoms with Crippen molar-refractivity contribution in [3.63, 3.8) is 0 Å². The molecule has 3 aromatic rings. The summed E-state index contributed by atoms with van der Waals surface area (Å²) in [5.74, 6) is 0.413. The van der Waals surface area contributed by atoms with E-state index in [1.807, 2.05) is 25.1 Å². The maximum Gasteiger partial charge on any atom is 0.217 e. The zero-order chi connectivity index (χ0) is 24.1. The van der Waals surface area contributed by atoms with Crippen LogP contribution in [0.3, 0.4) is 0 Å². The van der Waals surface area contributed by atoms with Crippen LogP contribution in [0.1, 0.15) is 49.6 Å². The van der Waals surface area contributed by atoms with Gasteiger partial charge in [0.15, 0.2) is 0 Å². The third-order valence-corrected chi connectivity index (χ3v) is 5.71. The molecule has 1 aliphatic rings. The van der Waals surface area contributed by atoms with Crippen molar-refractivity contribution in [2.45, 2.75) is 45.6 Å². The average molecular weight is 467 g/mol. The molecule has 0 spiro atoms. The number of nitrogens with zero attached hydrogens (tertiary/aromatic N) is 1. The second-order valence-corrected chi connectivity index (χ2v) is 8.71. The molecule has 178 valence electrons. The van der Waals surface area contributed by atoms with Crippen LogP contribution in [-0.2, 0) is 17.6 Å². The molecule has 4 rings (SSSR count). The molecule has 1 heterocycles. The Morgan fingerprint density at radius 2 is 1.79 bits per heavy atom. The number of rotatable bonds is 10. The molecule has 1 fully saturated rings. The maximum absolute atomic E-state index is 14.7. The summed E-state index contributed by atoms with van der Waals surface area (Å²) in [6.45, 7) is 3.97. The Labute approximate surface area is 198 Å². The number of carbonyl (C=O) groups is 1. The minimum absolute atomic E-state index is 0.00422. The van der Waals surface area contributed by atoms with E-state index in [-0.39, 0.29) is 29.7 Å². The molecular weight excluding hydrogens is 438 g/mol. The standard InChI is InChI=1S/C27H28F2N2O3/c1-17(31-18(2)32)27-11-9-19(15-30-27)8-10-24-25(28)13-23(14-26(24)29)34-22-5-3-4-21(12-22)33-16-20-6-7-20/h3-5,9,11-15,17,20H,6-8,10,16H2,1-2H3,(H,31,32). The molecule has 1 saturated carbocycles. The lowest BCUT2D eigenvalue weighted by atomic mass is 10.0. The molecule has 0 saturated heterocycles. The van der Waals surface area contributed by atoms with Crippen LogP contribution < -0.4 is 14.8 Å². The maximum atomic E-state index is 14.7. The van der Waals surface area contributed by atoms with Crippen molar-refractivity contribution < 1.29 is 23.0 Å². The van der Waals surface area contributed by atoms with Gasteiger partial charge in [-0.2, -0.15) is 0 Å². The summed E-state index contributed by atoms with van der Waals surface area (Å²) >= 11 is 0. The smallest absolute Gasteiger partial charge is 0.217 e. The molecule has 1 unspecified atom stereocenters. The van der Waals surface area contributed by atoms with Crippen LogP contribution in [0.5, 0.6) is 17.2 Å². The highest BCUT2D eigenvalue weighted by Crippen LogP contribution is 2.32. The summed E-state index contributed by atoms with van der Waals surface area (Å²) in [5.41, 5.74) is 1.57. The lowest BCUT2D eigenvalue weighted by Crippen LogP contribution is -2.24. The van der Waals surface area contributed by atoms with Gasteiger partial charge in [0, 0.05) is 36.9 Å². The van der Waals surface area contributed by atoms with E-state index in [1.54, 1.807) is 24.4 Å². The molecule has 34 heavy (non-hydrogen) atoms. The van der Waals surface area contributed by atoms with Crippen molar-refractivity contribution in [1.82, 2.24) is 10.3 Å². The highest BCUT2D eigenvalue weighted by Gasteiger charge is 2.22. The molecule has 1 aliphatic carbocycles. The van der Waals surface area contributed by atoms with E-state index in [4.69, 9.17) is 9.47 Å². The number of carbonyl (C=O) groups excluding carboxylic acids is 1. The lowest BCUT2D eigenvalue weighted by molar-refractivity contribution is -0.119. The first-order chi connectivity index (χ1) is 16.4. The zero-order valence-electron chi connectivity index (χ0n) is 19.3. The van der Waals surface area contributed by atoms with Crippen molar-refractivity contribution >= 4 is 5.91 Å². The van der Waals surface area contributed by atoms with Gasteiger partial charge in [-0.25, -0.2) is 8.78 Å². The highest BCUT2D eigenvalue weighted by atomic mass is 19.1. The largest absolute Gasteiger partial charge is 0.493 e. The van der Waals surface area contributed by atoms with E-state index < -0.39 is 11.6 Å². The summed E-state index contributed by atoms with van der Waals surface area (Å²) in [7, 11) is 0. The summed E-state index contributed by atoms with van der Waals surface area (Å²) in [6.07, 6.45) is 4.67. The molecule has 0 bridgehead atoms. The molecule has 1 atom stereocenters. The number of hydrogen-bond donors (Lipinski definition) is 1. The van der Waals surface area contributed by atoms with Gasteiger partial charge in [-0.15, -0.1) is 0 Å². The number of halogens is 2. The Hall–Kier alpha value is -3.48. The second kappa shape index (κ2) is 10.6. The van der Waals surface area contributed by atoms with Crippen molar-refractivity contribution in [3.8, 4) is 17.2 Å². The van der Waals surface area contributed by atoms with E-state index in [0.717, 1.165) is 11.3 Å². The van der Waals surface area contributed by atoms with Crippen molar-refractivity contribution in [2.75, 3.05) is 6.61 Å². The van der Waals surface area contributed by atoms with Gasteiger partial charge < -0.3 is 14.8 Å². The van der Waals surface area contributed by atoms with Gasteiger partial charge >= 0.3 is 0 Å². The molecular formula is C27H28F2N2O3. The van der Waals surface area contributed by atoms with Crippen molar-refractivity contribution in [1.29, 1.82) is 0 Å². The Bertz CT molecular complexity index is 1120. The van der Waals surface area contributed by atoms with Crippen LogP contribution in [0.15, 0.2) is 54.7 Å². The molecule has 1 N–H and O–H groups in total. The predicted octanol–water partition coefficient (Wildman–Crippen LogP) is 5.92. The number of aromatic nitrogens is 1. The van der Waals surface area contributed by atoms with E-state index >= 15 is 0 Å². The second-order valence-electron chi connectivity index (χ2n) is 8.71. The van der Waals surface area contributed by atoms with E-state index in [9.17, 15) is 13.6 Å². The number of amides is 1. The number of aryl methyl sites for hydroxylation is 1. The fraction of sp³-hybridized carbons (Fsp3) is 0.333. The highest BCUT2D eigenvalue weighted by molar-refractivity contribution is 5.73. The van der Waals surface area contributed by atoms with Crippen LogP contribution in [0.2, 0.25) is 0 Å². The van der Waals surface area contributed by atoms with Gasteiger partial charge in [0.1, 0.15) is 28.9 Å². The third kappa shape index (κ3) is 6.53. The summed E-state index contributed by atoms with van der Waals surface area (Å²) < 4.78 is 40.8. The zero-order valence-corrected chi connectivity index (χ0v) is 19.3. The third-order valence-electron chi connectivity index (χ3n) is 5.71. The van der Waals surface area contributed by atoms with E-state index in [2.05, 4.69) is 10.3 Å². The van der Waals surface area contributed by atoms with Crippen molar-refractivity contribution in [3.05, 3.63) is 83.2 Å². The molecule has 0 radical (unpaired) electrons. The van der Waals surface area contributed by atoms with Gasteiger partial charge in [0.25, 0.3) is 0 Å². The molecule has 7 heteroatoms. The van der Waals surface area contributed by atoms with E-state index in [1.165, 1.54) is 31.9 Å². The average Bonchev–Trinajstić information content (AvgIpc) is 3.62. The summed E-state index contributed by atoms with van der Waals surface area (Å²) in [4.78, 5) is 15.5. The monoisotopic (exact) mass is 466 g/mol. The first kappa shape index (κ1) is 23.7. The summed E-state index contributed by atoms with van der Waals surface area (Å²) in [6, 6.07) is 12.9. The van der Waals surface area contributed by atoms with Crippen LogP contribution in [-0.4, -0.2) is 17.5 Å². The fourth-order valence-corrected chi connectivity index (χ4v) is 3.63. The van der Waals surface area contributed by atoms with Gasteiger partial charge in [-0.1, -0.05) is 12.1 Å². The quantitative estimate of drug-likeness (QED) is 0.403. The van der Waals surface area contributed by atoms with Crippen LogP contribution in [0, 0.1) is 17.6 Å². The Morgan fingerprint density at radius 1 is 1.06 bits per heavy atom. The predicted molar refractivity (Wildman–Crippen MR) is 125 cm³/mol. The Balaban J connectivity index is 1.37. The van der Waals surface area contributed by atoms with Crippen LogP contribution >= 0.6 is 0 Å². The molecule has 0 aliphatic heterocycles. The number of ether oxygens (including phenoxy) is 2. The number of pyridine rings is 1. The molecule has 1 aromatic heterocycles. The topological polar surface area (TPSA) is 60.5 Å².